The highest BCUT2D eigenvalue weighted by Gasteiger charge is 2.30. The number of carbonyl (C=O) groups is 2. The lowest BCUT2D eigenvalue weighted by Crippen LogP contribution is -2.50. The predicted molar refractivity (Wildman–Crippen MR) is 133 cm³/mol. The van der Waals surface area contributed by atoms with E-state index in [4.69, 9.17) is 0 Å². The Labute approximate surface area is 205 Å². The van der Waals surface area contributed by atoms with Gasteiger partial charge in [0, 0.05) is 24.6 Å². The van der Waals surface area contributed by atoms with Crippen molar-refractivity contribution in [1.29, 1.82) is 0 Å². The molecule has 1 N–H and O–H groups in total. The molecule has 0 aliphatic heterocycles. The van der Waals surface area contributed by atoms with Gasteiger partial charge in [-0.1, -0.05) is 59.1 Å². The molecule has 0 unspecified atom stereocenters. The van der Waals surface area contributed by atoms with Crippen molar-refractivity contribution in [2.24, 2.45) is 0 Å². The van der Waals surface area contributed by atoms with E-state index in [1.807, 2.05) is 38.1 Å². The highest BCUT2D eigenvalue weighted by molar-refractivity contribution is 9.10. The Kier molecular flexibility index (Phi) is 10.1. The quantitative estimate of drug-likeness (QED) is 0.442. The number of likely N-dealkylation sites (N-methyl/N-ethyl adjacent to an activating group) is 1. The van der Waals surface area contributed by atoms with Crippen LogP contribution in [0.2, 0.25) is 0 Å². The molecule has 0 fully saturated rings. The molecule has 2 rings (SSSR count). The Morgan fingerprint density at radius 3 is 2.39 bits per heavy atom. The number of benzene rings is 2. The first kappa shape index (κ1) is 27.0. The van der Waals surface area contributed by atoms with Crippen LogP contribution in [0.5, 0.6) is 0 Å². The molecule has 0 aromatic heterocycles. The fourth-order valence-corrected chi connectivity index (χ4v) is 4.77. The average molecular weight is 539 g/mol. The van der Waals surface area contributed by atoms with E-state index in [1.54, 1.807) is 19.1 Å². The standard InChI is InChI=1S/C24H32BrN3O4S/c1-5-6-14-26-24(30)19(3)28(16-20-8-7-9-21(25)15-20)23(29)17-27(4)33(31,32)22-12-10-18(2)11-13-22/h7-13,15,19H,5-6,14,16-17H2,1-4H3,(H,26,30)/t19-/m1/s1. The van der Waals surface area contributed by atoms with E-state index in [9.17, 15) is 18.0 Å². The third-order valence-corrected chi connectivity index (χ3v) is 7.64. The summed E-state index contributed by atoms with van der Waals surface area (Å²) in [6.45, 7) is 5.89. The average Bonchev–Trinajstić information content (AvgIpc) is 2.77. The van der Waals surface area contributed by atoms with E-state index in [2.05, 4.69) is 21.2 Å². The molecule has 0 aliphatic rings. The number of carbonyl (C=O) groups excluding carboxylic acids is 2. The predicted octanol–water partition coefficient (Wildman–Crippen LogP) is 3.71. The first-order chi connectivity index (χ1) is 15.6. The van der Waals surface area contributed by atoms with Crippen LogP contribution >= 0.6 is 15.9 Å². The van der Waals surface area contributed by atoms with Gasteiger partial charge in [0.05, 0.1) is 11.4 Å². The Bertz CT molecular complexity index is 1060. The fourth-order valence-electron chi connectivity index (χ4n) is 3.21. The SMILES string of the molecule is CCCCNC(=O)[C@@H](C)N(Cc1cccc(Br)c1)C(=O)CN(C)S(=O)(=O)c1ccc(C)cc1. The zero-order chi connectivity index (χ0) is 24.6. The summed E-state index contributed by atoms with van der Waals surface area (Å²) in [6.07, 6.45) is 1.78. The lowest BCUT2D eigenvalue weighted by molar-refractivity contribution is -0.140. The first-order valence-electron chi connectivity index (χ1n) is 10.9. The van der Waals surface area contributed by atoms with Crippen LogP contribution in [0.1, 0.15) is 37.8 Å². The molecule has 0 radical (unpaired) electrons. The zero-order valence-electron chi connectivity index (χ0n) is 19.5. The van der Waals surface area contributed by atoms with E-state index >= 15 is 0 Å². The normalized spacial score (nSPS) is 12.4. The maximum absolute atomic E-state index is 13.3. The monoisotopic (exact) mass is 537 g/mol. The summed E-state index contributed by atoms with van der Waals surface area (Å²) in [7, 11) is -2.48. The summed E-state index contributed by atoms with van der Waals surface area (Å²) < 4.78 is 27.8. The van der Waals surface area contributed by atoms with Gasteiger partial charge < -0.3 is 10.2 Å². The molecular formula is C24H32BrN3O4S. The number of hydrogen-bond acceptors (Lipinski definition) is 4. The van der Waals surface area contributed by atoms with Crippen molar-refractivity contribution in [1.82, 2.24) is 14.5 Å². The molecule has 180 valence electrons. The lowest BCUT2D eigenvalue weighted by atomic mass is 10.1. The minimum absolute atomic E-state index is 0.118. The zero-order valence-corrected chi connectivity index (χ0v) is 21.9. The van der Waals surface area contributed by atoms with Gasteiger partial charge in [-0.25, -0.2) is 8.42 Å². The molecule has 2 aromatic rings. The van der Waals surface area contributed by atoms with Gasteiger partial charge in [0.1, 0.15) is 6.04 Å². The van der Waals surface area contributed by atoms with Crippen molar-refractivity contribution in [3.05, 3.63) is 64.1 Å². The number of hydrogen-bond donors (Lipinski definition) is 1. The van der Waals surface area contributed by atoms with Gasteiger partial charge >= 0.3 is 0 Å². The molecule has 1 atom stereocenters. The van der Waals surface area contributed by atoms with Crippen molar-refractivity contribution < 1.29 is 18.0 Å². The van der Waals surface area contributed by atoms with Crippen LogP contribution in [-0.2, 0) is 26.2 Å². The van der Waals surface area contributed by atoms with Gasteiger partial charge in [-0.3, -0.25) is 9.59 Å². The third-order valence-electron chi connectivity index (χ3n) is 5.33. The second-order valence-electron chi connectivity index (χ2n) is 8.05. The summed E-state index contributed by atoms with van der Waals surface area (Å²) in [5, 5.41) is 2.86. The molecule has 33 heavy (non-hydrogen) atoms. The molecule has 0 saturated carbocycles. The number of halogens is 1. The van der Waals surface area contributed by atoms with Gasteiger partial charge in [0.25, 0.3) is 0 Å². The van der Waals surface area contributed by atoms with Gasteiger partial charge in [0.2, 0.25) is 21.8 Å². The molecule has 7 nitrogen and oxygen atoms in total. The van der Waals surface area contributed by atoms with E-state index in [0.717, 1.165) is 32.7 Å². The maximum Gasteiger partial charge on any atom is 0.243 e. The molecule has 9 heteroatoms. The lowest BCUT2D eigenvalue weighted by Gasteiger charge is -2.30. The van der Waals surface area contributed by atoms with E-state index in [0.29, 0.717) is 6.54 Å². The Morgan fingerprint density at radius 2 is 1.79 bits per heavy atom. The van der Waals surface area contributed by atoms with Crippen LogP contribution in [0.15, 0.2) is 57.9 Å². The van der Waals surface area contributed by atoms with Crippen molar-refractivity contribution in [2.75, 3.05) is 20.1 Å². The molecule has 0 saturated heterocycles. The number of nitrogens with zero attached hydrogens (tertiary/aromatic N) is 2. The topological polar surface area (TPSA) is 86.8 Å². The van der Waals surface area contributed by atoms with Crippen molar-refractivity contribution in [2.45, 2.75) is 51.1 Å². The molecule has 0 spiro atoms. The van der Waals surface area contributed by atoms with Gasteiger partial charge in [-0.05, 0) is 50.1 Å². The summed E-state index contributed by atoms with van der Waals surface area (Å²) in [4.78, 5) is 27.5. The minimum Gasteiger partial charge on any atom is -0.354 e. The van der Waals surface area contributed by atoms with Crippen LogP contribution in [-0.4, -0.2) is 55.6 Å². The van der Waals surface area contributed by atoms with Crippen LogP contribution < -0.4 is 5.32 Å². The second-order valence-corrected chi connectivity index (χ2v) is 11.0. The van der Waals surface area contributed by atoms with Crippen molar-refractivity contribution >= 4 is 37.8 Å². The van der Waals surface area contributed by atoms with Crippen molar-refractivity contribution in [3.63, 3.8) is 0 Å². The van der Waals surface area contributed by atoms with Gasteiger partial charge in [0.15, 0.2) is 0 Å². The van der Waals surface area contributed by atoms with Crippen molar-refractivity contribution in [3.8, 4) is 0 Å². The number of nitrogens with one attached hydrogen (secondary N) is 1. The Morgan fingerprint density at radius 1 is 1.12 bits per heavy atom. The number of rotatable bonds is 11. The summed E-state index contributed by atoms with van der Waals surface area (Å²) in [5.41, 5.74) is 1.77. The summed E-state index contributed by atoms with van der Waals surface area (Å²) in [6, 6.07) is 13.2. The molecular weight excluding hydrogens is 506 g/mol. The number of unbranched alkanes of at least 4 members (excludes halogenated alkanes) is 1. The molecule has 2 aromatic carbocycles. The fraction of sp³-hybridized carbons (Fsp3) is 0.417. The Balaban J connectivity index is 2.24. The maximum atomic E-state index is 13.3. The summed E-state index contributed by atoms with van der Waals surface area (Å²) >= 11 is 3.42. The molecule has 0 heterocycles. The van der Waals surface area contributed by atoms with Gasteiger partial charge in [-0.15, -0.1) is 0 Å². The number of amides is 2. The van der Waals surface area contributed by atoms with E-state index in [-0.39, 0.29) is 23.9 Å². The van der Waals surface area contributed by atoms with Crippen LogP contribution in [0, 0.1) is 6.92 Å². The second kappa shape index (κ2) is 12.3. The molecule has 0 aliphatic carbocycles. The minimum atomic E-state index is -3.85. The smallest absolute Gasteiger partial charge is 0.243 e. The highest BCUT2D eigenvalue weighted by Crippen LogP contribution is 2.18. The van der Waals surface area contributed by atoms with E-state index in [1.165, 1.54) is 24.1 Å². The van der Waals surface area contributed by atoms with Crippen LogP contribution in [0.25, 0.3) is 0 Å². The Hall–Kier alpha value is -2.23. The molecule has 0 bridgehead atoms. The van der Waals surface area contributed by atoms with E-state index < -0.39 is 22.0 Å². The van der Waals surface area contributed by atoms with Gasteiger partial charge in [-0.2, -0.15) is 4.31 Å². The van der Waals surface area contributed by atoms with Crippen LogP contribution in [0.4, 0.5) is 0 Å². The number of aryl methyl sites for hydroxylation is 1. The molecule has 2 amide bonds. The third kappa shape index (κ3) is 7.65. The largest absolute Gasteiger partial charge is 0.354 e. The summed E-state index contributed by atoms with van der Waals surface area (Å²) in [5.74, 6) is -0.720. The number of sulfonamides is 1. The first-order valence-corrected chi connectivity index (χ1v) is 13.1. The highest BCUT2D eigenvalue weighted by atomic mass is 79.9. The van der Waals surface area contributed by atoms with Crippen LogP contribution in [0.3, 0.4) is 0 Å².